The lowest BCUT2D eigenvalue weighted by Gasteiger charge is -2.16. The van der Waals surface area contributed by atoms with Crippen LogP contribution in [0.1, 0.15) is 32.0 Å². The van der Waals surface area contributed by atoms with Gasteiger partial charge in [0.1, 0.15) is 0 Å². The van der Waals surface area contributed by atoms with Gasteiger partial charge in [0.15, 0.2) is 0 Å². The predicted molar refractivity (Wildman–Crippen MR) is 139 cm³/mol. The number of allylic oxidation sites excluding steroid dienone is 5. The van der Waals surface area contributed by atoms with Gasteiger partial charge in [0, 0.05) is 57.9 Å². The summed E-state index contributed by atoms with van der Waals surface area (Å²) in [5.74, 6) is 0.338. The average Bonchev–Trinajstić information content (AvgIpc) is 3.23. The van der Waals surface area contributed by atoms with Crippen molar-refractivity contribution in [2.24, 2.45) is 5.92 Å². The van der Waals surface area contributed by atoms with E-state index in [1.807, 2.05) is 38.5 Å². The van der Waals surface area contributed by atoms with E-state index in [2.05, 4.69) is 90.6 Å². The Hall–Kier alpha value is -3.79. The minimum Gasteiger partial charge on any atom is -0.388 e. The van der Waals surface area contributed by atoms with E-state index in [1.54, 1.807) is 0 Å². The Bertz CT molecular complexity index is 1190. The number of aromatic nitrogens is 2. The first-order valence-electron chi connectivity index (χ1n) is 10.8. The van der Waals surface area contributed by atoms with E-state index in [1.165, 1.54) is 0 Å². The molecule has 0 aliphatic heterocycles. The van der Waals surface area contributed by atoms with Crippen molar-refractivity contribution in [1.82, 2.24) is 15.3 Å². The molecule has 0 bridgehead atoms. The molecule has 0 aliphatic rings. The lowest BCUT2D eigenvalue weighted by Crippen LogP contribution is -2.08. The van der Waals surface area contributed by atoms with E-state index in [4.69, 9.17) is 0 Å². The third kappa shape index (κ3) is 5.09. The lowest BCUT2D eigenvalue weighted by molar-refractivity contribution is 0.778. The molecule has 164 valence electrons. The average molecular weight is 425 g/mol. The summed E-state index contributed by atoms with van der Waals surface area (Å²) in [7, 11) is 1.87. The quantitative estimate of drug-likeness (QED) is 0.327. The Kier molecular flexibility index (Phi) is 7.16. The van der Waals surface area contributed by atoms with Crippen LogP contribution < -0.4 is 10.6 Å². The Labute approximate surface area is 191 Å². The maximum absolute atomic E-state index is 4.43. The third-order valence-corrected chi connectivity index (χ3v) is 5.49. The van der Waals surface area contributed by atoms with Crippen LogP contribution in [-0.4, -0.2) is 17.0 Å². The summed E-state index contributed by atoms with van der Waals surface area (Å²) in [5.41, 5.74) is 8.54. The van der Waals surface area contributed by atoms with Crippen molar-refractivity contribution in [2.45, 2.75) is 20.8 Å². The molecule has 3 N–H and O–H groups in total. The minimum atomic E-state index is 0.338. The van der Waals surface area contributed by atoms with Crippen LogP contribution in [0.2, 0.25) is 0 Å². The first-order chi connectivity index (χ1) is 15.3. The second-order valence-corrected chi connectivity index (χ2v) is 8.05. The van der Waals surface area contributed by atoms with E-state index < -0.39 is 0 Å². The molecule has 4 nitrogen and oxygen atoms in total. The Morgan fingerprint density at radius 1 is 1.09 bits per heavy atom. The van der Waals surface area contributed by atoms with Gasteiger partial charge in [0.25, 0.3) is 0 Å². The van der Waals surface area contributed by atoms with Crippen molar-refractivity contribution in [1.29, 1.82) is 0 Å². The van der Waals surface area contributed by atoms with Gasteiger partial charge in [-0.1, -0.05) is 57.9 Å². The summed E-state index contributed by atoms with van der Waals surface area (Å²) >= 11 is 0. The van der Waals surface area contributed by atoms with Gasteiger partial charge in [-0.25, -0.2) is 0 Å². The fraction of sp³-hybridized carbons (Fsp3) is 0.179. The molecular formula is C28H32N4. The summed E-state index contributed by atoms with van der Waals surface area (Å²) in [6.07, 6.45) is 7.84. The molecule has 0 fully saturated rings. The topological polar surface area (TPSA) is 52.7 Å². The summed E-state index contributed by atoms with van der Waals surface area (Å²) in [6.45, 7) is 18.9. The van der Waals surface area contributed by atoms with Crippen LogP contribution in [0, 0.1) is 5.92 Å². The van der Waals surface area contributed by atoms with Crippen LogP contribution in [0.5, 0.6) is 0 Å². The van der Waals surface area contributed by atoms with Gasteiger partial charge in [0.05, 0.1) is 11.9 Å². The molecular weight excluding hydrogens is 392 g/mol. The van der Waals surface area contributed by atoms with Crippen LogP contribution in [0.3, 0.4) is 0 Å². The highest BCUT2D eigenvalue weighted by Gasteiger charge is 2.13. The van der Waals surface area contributed by atoms with E-state index in [0.717, 1.165) is 56.0 Å². The zero-order valence-corrected chi connectivity index (χ0v) is 19.4. The zero-order chi connectivity index (χ0) is 23.3. The van der Waals surface area contributed by atoms with Crippen LogP contribution in [0.15, 0.2) is 97.6 Å². The van der Waals surface area contributed by atoms with Crippen LogP contribution in [0.25, 0.3) is 22.0 Å². The van der Waals surface area contributed by atoms with Crippen LogP contribution >= 0.6 is 0 Å². The molecule has 0 unspecified atom stereocenters. The number of hydrogen-bond donors (Lipinski definition) is 3. The minimum absolute atomic E-state index is 0.338. The predicted octanol–water partition coefficient (Wildman–Crippen LogP) is 6.92. The van der Waals surface area contributed by atoms with E-state index in [-0.39, 0.29) is 0 Å². The number of nitrogens with one attached hydrogen (secondary N) is 3. The second kappa shape index (κ2) is 10.0. The zero-order valence-electron chi connectivity index (χ0n) is 19.4. The molecule has 0 saturated heterocycles. The van der Waals surface area contributed by atoms with Gasteiger partial charge in [-0.2, -0.15) is 0 Å². The number of hydrogen-bond acceptors (Lipinski definition) is 3. The van der Waals surface area contributed by atoms with Gasteiger partial charge >= 0.3 is 0 Å². The Morgan fingerprint density at radius 3 is 2.50 bits per heavy atom. The highest BCUT2D eigenvalue weighted by atomic mass is 14.9. The normalized spacial score (nSPS) is 12.2. The fourth-order valence-corrected chi connectivity index (χ4v) is 3.36. The molecule has 0 amide bonds. The van der Waals surface area contributed by atoms with Crippen LogP contribution in [0.4, 0.5) is 5.69 Å². The number of fused-ring (bicyclic) bond motifs is 1. The van der Waals surface area contributed by atoms with Crippen LogP contribution in [-0.2, 0) is 0 Å². The molecule has 0 atom stereocenters. The van der Waals surface area contributed by atoms with E-state index in [0.29, 0.717) is 5.92 Å². The number of likely N-dealkylation sites (N-methyl/N-ethyl adjacent to an activating group) is 1. The molecule has 4 heteroatoms. The molecule has 0 saturated carbocycles. The molecule has 1 aromatic carbocycles. The molecule has 32 heavy (non-hydrogen) atoms. The molecule has 3 rings (SSSR count). The largest absolute Gasteiger partial charge is 0.388 e. The monoisotopic (exact) mass is 424 g/mol. The van der Waals surface area contributed by atoms with Gasteiger partial charge in [-0.15, -0.1) is 0 Å². The summed E-state index contributed by atoms with van der Waals surface area (Å²) < 4.78 is 0. The maximum Gasteiger partial charge on any atom is 0.0574 e. The van der Waals surface area contributed by atoms with Gasteiger partial charge < -0.3 is 15.6 Å². The lowest BCUT2D eigenvalue weighted by atomic mass is 9.96. The maximum atomic E-state index is 4.43. The highest BCUT2D eigenvalue weighted by molar-refractivity contribution is 5.91. The Morgan fingerprint density at radius 2 is 1.84 bits per heavy atom. The standard InChI is InChI=1S/C28H32N4/c1-8-22(24-13-25(17-30-16-24)31-20(5)18(2)3)14-26(21(6)29-7)19(4)28-15-23-11-9-10-12-27(23)32-28/h8-18,29,31-32H,4-6H2,1-3,7H3/b22-8+,26-14-. The summed E-state index contributed by atoms with van der Waals surface area (Å²) in [5, 5.41) is 7.68. The second-order valence-electron chi connectivity index (χ2n) is 8.05. The van der Waals surface area contributed by atoms with Gasteiger partial charge in [0.2, 0.25) is 0 Å². The van der Waals surface area contributed by atoms with Crippen molar-refractivity contribution < 1.29 is 0 Å². The number of anilines is 1. The summed E-state index contributed by atoms with van der Waals surface area (Å²) in [6, 6.07) is 12.4. The molecule has 3 aromatic rings. The summed E-state index contributed by atoms with van der Waals surface area (Å²) in [4.78, 5) is 7.90. The van der Waals surface area contributed by atoms with E-state index >= 15 is 0 Å². The number of pyridine rings is 1. The molecule has 2 aromatic heterocycles. The third-order valence-electron chi connectivity index (χ3n) is 5.49. The Balaban J connectivity index is 1.98. The SMILES string of the molecule is C=C(NC)/C(=C\C(=C/C)c1cncc(NC(=C)C(C)C)c1)C(=C)c1cc2ccccc2[nH]1. The van der Waals surface area contributed by atoms with Crippen molar-refractivity contribution in [3.8, 4) is 0 Å². The highest BCUT2D eigenvalue weighted by Crippen LogP contribution is 2.31. The van der Waals surface area contributed by atoms with E-state index in [9.17, 15) is 0 Å². The first-order valence-corrected chi connectivity index (χ1v) is 10.8. The van der Waals surface area contributed by atoms with Gasteiger partial charge in [-0.05, 0) is 42.7 Å². The van der Waals surface area contributed by atoms with Crippen molar-refractivity contribution in [3.05, 3.63) is 109 Å². The van der Waals surface area contributed by atoms with Crippen molar-refractivity contribution >= 4 is 27.7 Å². The molecule has 0 radical (unpaired) electrons. The number of H-pyrrole nitrogens is 1. The molecule has 2 heterocycles. The first kappa shape index (κ1) is 22.9. The smallest absolute Gasteiger partial charge is 0.0574 e. The van der Waals surface area contributed by atoms with Gasteiger partial charge in [-0.3, -0.25) is 4.98 Å². The molecule has 0 spiro atoms. The van der Waals surface area contributed by atoms with Crippen molar-refractivity contribution in [3.63, 3.8) is 0 Å². The number of benzene rings is 1. The number of rotatable bonds is 9. The number of aromatic amines is 1. The molecule has 0 aliphatic carbocycles. The fourth-order valence-electron chi connectivity index (χ4n) is 3.36. The van der Waals surface area contributed by atoms with Crippen molar-refractivity contribution in [2.75, 3.05) is 12.4 Å². The number of para-hydroxylation sites is 1. The number of nitrogens with zero attached hydrogens (tertiary/aromatic N) is 1.